The summed E-state index contributed by atoms with van der Waals surface area (Å²) >= 11 is 6.16. The molecule has 0 fully saturated rings. The van der Waals surface area contributed by atoms with Crippen LogP contribution in [0.4, 0.5) is 0 Å². The summed E-state index contributed by atoms with van der Waals surface area (Å²) in [5.74, 6) is 2.05. The number of benzene rings is 3. The van der Waals surface area contributed by atoms with Crippen LogP contribution in [0.2, 0.25) is 5.02 Å². The number of hydrogen-bond donors (Lipinski definition) is 0. The molecule has 0 radical (unpaired) electrons. The van der Waals surface area contributed by atoms with Crippen LogP contribution in [-0.2, 0) is 6.42 Å². The molecule has 0 saturated carbocycles. The van der Waals surface area contributed by atoms with Crippen LogP contribution in [0.25, 0.3) is 6.08 Å². The van der Waals surface area contributed by atoms with E-state index in [0.29, 0.717) is 28.6 Å². The number of fused-ring (bicyclic) bond motifs is 1. The molecule has 1 aliphatic heterocycles. The summed E-state index contributed by atoms with van der Waals surface area (Å²) < 4.78 is 16.3. The standard InChI is InChI=1S/C27H26ClNO4/c1-31-22-10-7-18(8-11-22)9-12-24-23-17-26(33-3)25(32-2)16-19(23)13-14-29(24)27(30)20-5-4-6-21(28)15-20/h4-12,15-17,24H,13-14H2,1-3H3. The molecule has 0 saturated heterocycles. The van der Waals surface area contributed by atoms with E-state index in [1.807, 2.05) is 53.5 Å². The molecular formula is C27H26ClNO4. The van der Waals surface area contributed by atoms with Gasteiger partial charge in [-0.3, -0.25) is 4.79 Å². The number of methoxy groups -OCH3 is 3. The molecule has 1 aliphatic rings. The van der Waals surface area contributed by atoms with Crippen LogP contribution in [0.3, 0.4) is 0 Å². The second-order valence-electron chi connectivity index (χ2n) is 7.74. The molecule has 0 N–H and O–H groups in total. The fourth-order valence-electron chi connectivity index (χ4n) is 4.12. The molecule has 4 rings (SSSR count). The normalized spacial score (nSPS) is 15.3. The maximum atomic E-state index is 13.5. The number of nitrogens with zero attached hydrogens (tertiary/aromatic N) is 1. The first-order chi connectivity index (χ1) is 16.0. The van der Waals surface area contributed by atoms with Crippen molar-refractivity contribution in [2.45, 2.75) is 12.5 Å². The van der Waals surface area contributed by atoms with Gasteiger partial charge in [0.25, 0.3) is 5.91 Å². The van der Waals surface area contributed by atoms with Gasteiger partial charge >= 0.3 is 0 Å². The number of carbonyl (C=O) groups is 1. The van der Waals surface area contributed by atoms with Crippen molar-refractivity contribution in [1.29, 1.82) is 0 Å². The Morgan fingerprint density at radius 2 is 1.70 bits per heavy atom. The SMILES string of the molecule is COc1ccc(C=CC2c3cc(OC)c(OC)cc3CCN2C(=O)c2cccc(Cl)c2)cc1. The minimum Gasteiger partial charge on any atom is -0.497 e. The van der Waals surface area contributed by atoms with E-state index in [9.17, 15) is 4.79 Å². The van der Waals surface area contributed by atoms with Gasteiger partial charge in [-0.15, -0.1) is 0 Å². The minimum atomic E-state index is -0.276. The molecule has 1 unspecified atom stereocenters. The summed E-state index contributed by atoms with van der Waals surface area (Å²) in [4.78, 5) is 15.4. The first-order valence-electron chi connectivity index (χ1n) is 10.7. The lowest BCUT2D eigenvalue weighted by Gasteiger charge is -2.36. The number of halogens is 1. The predicted octanol–water partition coefficient (Wildman–Crippen LogP) is 5.82. The molecule has 1 heterocycles. The molecule has 1 amide bonds. The molecule has 1 atom stereocenters. The van der Waals surface area contributed by atoms with Crippen molar-refractivity contribution < 1.29 is 19.0 Å². The van der Waals surface area contributed by atoms with Crippen LogP contribution in [0.5, 0.6) is 17.2 Å². The highest BCUT2D eigenvalue weighted by atomic mass is 35.5. The third-order valence-corrected chi connectivity index (χ3v) is 6.08. The van der Waals surface area contributed by atoms with Gasteiger partial charge in [0.2, 0.25) is 0 Å². The summed E-state index contributed by atoms with van der Waals surface area (Å²) in [6.07, 6.45) is 4.79. The highest BCUT2D eigenvalue weighted by Gasteiger charge is 2.31. The van der Waals surface area contributed by atoms with Crippen molar-refractivity contribution in [3.8, 4) is 17.2 Å². The summed E-state index contributed by atoms with van der Waals surface area (Å²) in [6, 6.07) is 18.6. The Hall–Kier alpha value is -3.44. The predicted molar refractivity (Wildman–Crippen MR) is 131 cm³/mol. The van der Waals surface area contributed by atoms with Crippen molar-refractivity contribution in [3.05, 3.63) is 94.0 Å². The Morgan fingerprint density at radius 1 is 0.970 bits per heavy atom. The number of amides is 1. The number of ether oxygens (including phenoxy) is 3. The van der Waals surface area contributed by atoms with Gasteiger partial charge in [0, 0.05) is 17.1 Å². The lowest BCUT2D eigenvalue weighted by molar-refractivity contribution is 0.0700. The molecule has 0 spiro atoms. The fraction of sp³-hybridized carbons (Fsp3) is 0.222. The van der Waals surface area contributed by atoms with E-state index in [1.165, 1.54) is 0 Å². The minimum absolute atomic E-state index is 0.0673. The number of hydrogen-bond acceptors (Lipinski definition) is 4. The summed E-state index contributed by atoms with van der Waals surface area (Å²) in [5, 5.41) is 0.537. The van der Waals surface area contributed by atoms with E-state index >= 15 is 0 Å². The Kier molecular flexibility index (Phi) is 6.90. The van der Waals surface area contributed by atoms with E-state index in [2.05, 4.69) is 0 Å². The quantitative estimate of drug-likeness (QED) is 0.462. The maximum Gasteiger partial charge on any atom is 0.254 e. The zero-order chi connectivity index (χ0) is 23.4. The van der Waals surface area contributed by atoms with E-state index in [0.717, 1.165) is 28.9 Å². The molecule has 5 nitrogen and oxygen atoms in total. The maximum absolute atomic E-state index is 13.5. The van der Waals surface area contributed by atoms with E-state index in [1.54, 1.807) is 45.6 Å². The number of carbonyl (C=O) groups excluding carboxylic acids is 1. The van der Waals surface area contributed by atoms with E-state index in [4.69, 9.17) is 25.8 Å². The van der Waals surface area contributed by atoms with Gasteiger partial charge in [-0.1, -0.05) is 42.0 Å². The molecule has 3 aromatic rings. The Morgan fingerprint density at radius 3 is 2.36 bits per heavy atom. The van der Waals surface area contributed by atoms with Gasteiger partial charge in [0.15, 0.2) is 11.5 Å². The van der Waals surface area contributed by atoms with Crippen molar-refractivity contribution in [3.63, 3.8) is 0 Å². The molecular weight excluding hydrogens is 438 g/mol. The molecule has 0 aromatic heterocycles. The summed E-state index contributed by atoms with van der Waals surface area (Å²) in [5.41, 5.74) is 3.72. The summed E-state index contributed by atoms with van der Waals surface area (Å²) in [7, 11) is 4.89. The molecule has 0 bridgehead atoms. The van der Waals surface area contributed by atoms with Crippen LogP contribution in [0.1, 0.15) is 33.1 Å². The Labute approximate surface area is 199 Å². The monoisotopic (exact) mass is 463 g/mol. The van der Waals surface area contributed by atoms with Gasteiger partial charge in [-0.25, -0.2) is 0 Å². The average molecular weight is 464 g/mol. The van der Waals surface area contributed by atoms with Crippen molar-refractivity contribution in [1.82, 2.24) is 4.90 Å². The second kappa shape index (κ2) is 10.0. The second-order valence-corrected chi connectivity index (χ2v) is 8.18. The van der Waals surface area contributed by atoms with Crippen molar-refractivity contribution >= 4 is 23.6 Å². The topological polar surface area (TPSA) is 48.0 Å². The summed E-state index contributed by atoms with van der Waals surface area (Å²) in [6.45, 7) is 0.575. The number of rotatable bonds is 6. The molecule has 170 valence electrons. The highest BCUT2D eigenvalue weighted by molar-refractivity contribution is 6.30. The first-order valence-corrected chi connectivity index (χ1v) is 11.1. The smallest absolute Gasteiger partial charge is 0.254 e. The largest absolute Gasteiger partial charge is 0.497 e. The lowest BCUT2D eigenvalue weighted by Crippen LogP contribution is -2.39. The van der Waals surface area contributed by atoms with Crippen LogP contribution in [0, 0.1) is 0 Å². The molecule has 0 aliphatic carbocycles. The molecule has 6 heteroatoms. The van der Waals surface area contributed by atoms with Crippen LogP contribution >= 0.6 is 11.6 Å². The van der Waals surface area contributed by atoms with Crippen LogP contribution in [0.15, 0.2) is 66.7 Å². The van der Waals surface area contributed by atoms with Crippen LogP contribution in [-0.4, -0.2) is 38.7 Å². The molecule has 3 aromatic carbocycles. The third-order valence-electron chi connectivity index (χ3n) is 5.84. The fourth-order valence-corrected chi connectivity index (χ4v) is 4.31. The van der Waals surface area contributed by atoms with E-state index in [-0.39, 0.29) is 11.9 Å². The average Bonchev–Trinajstić information content (AvgIpc) is 2.86. The van der Waals surface area contributed by atoms with Crippen molar-refractivity contribution in [2.24, 2.45) is 0 Å². The van der Waals surface area contributed by atoms with Gasteiger partial charge in [0.05, 0.1) is 27.4 Å². The molecule has 33 heavy (non-hydrogen) atoms. The zero-order valence-corrected chi connectivity index (χ0v) is 19.6. The van der Waals surface area contributed by atoms with Crippen LogP contribution < -0.4 is 14.2 Å². The van der Waals surface area contributed by atoms with Gasteiger partial charge < -0.3 is 19.1 Å². The van der Waals surface area contributed by atoms with Gasteiger partial charge in [-0.2, -0.15) is 0 Å². The van der Waals surface area contributed by atoms with E-state index < -0.39 is 0 Å². The van der Waals surface area contributed by atoms with Gasteiger partial charge in [-0.05, 0) is 65.6 Å². The third kappa shape index (κ3) is 4.83. The Balaban J connectivity index is 1.76. The van der Waals surface area contributed by atoms with Gasteiger partial charge in [0.1, 0.15) is 5.75 Å². The Bertz CT molecular complexity index is 1170. The lowest BCUT2D eigenvalue weighted by atomic mass is 9.90. The zero-order valence-electron chi connectivity index (χ0n) is 18.9. The van der Waals surface area contributed by atoms with Crippen molar-refractivity contribution in [2.75, 3.05) is 27.9 Å². The highest BCUT2D eigenvalue weighted by Crippen LogP contribution is 2.39. The first kappa shape index (κ1) is 22.7.